The number of likely N-dealkylation sites (N-methyl/N-ethyl adjacent to an activating group) is 1. The van der Waals surface area contributed by atoms with Gasteiger partial charge in [0.15, 0.2) is 0 Å². The first kappa shape index (κ1) is 16.2. The Morgan fingerprint density at radius 3 is 2.21 bits per heavy atom. The zero-order valence-corrected chi connectivity index (χ0v) is 13.5. The van der Waals surface area contributed by atoms with Crippen LogP contribution < -0.4 is 5.32 Å². The molecule has 1 N–H and O–H groups in total. The zero-order valence-electron chi connectivity index (χ0n) is 13.5. The summed E-state index contributed by atoms with van der Waals surface area (Å²) in [5.41, 5.74) is 4.21. The maximum atomic E-state index is 5.73. The molecule has 0 saturated heterocycles. The first-order valence-corrected chi connectivity index (χ1v) is 7.05. The number of ether oxygens (including phenoxy) is 1. The van der Waals surface area contributed by atoms with Crippen molar-refractivity contribution in [3.8, 4) is 0 Å². The Morgan fingerprint density at radius 2 is 1.79 bits per heavy atom. The van der Waals surface area contributed by atoms with Crippen LogP contribution in [-0.2, 0) is 11.2 Å². The summed E-state index contributed by atoms with van der Waals surface area (Å²) in [5, 5.41) is 3.42. The van der Waals surface area contributed by atoms with Crippen molar-refractivity contribution in [2.24, 2.45) is 5.41 Å². The van der Waals surface area contributed by atoms with Gasteiger partial charge in [-0.2, -0.15) is 0 Å². The summed E-state index contributed by atoms with van der Waals surface area (Å²) in [4.78, 5) is 0. The van der Waals surface area contributed by atoms with E-state index < -0.39 is 0 Å². The second kappa shape index (κ2) is 6.53. The fourth-order valence-electron chi connectivity index (χ4n) is 2.67. The van der Waals surface area contributed by atoms with Crippen molar-refractivity contribution in [1.82, 2.24) is 5.32 Å². The Labute approximate surface area is 118 Å². The Balaban J connectivity index is 2.89. The van der Waals surface area contributed by atoms with Gasteiger partial charge in [-0.15, -0.1) is 0 Å². The number of benzene rings is 1. The van der Waals surface area contributed by atoms with Gasteiger partial charge in [0.1, 0.15) is 0 Å². The molecule has 0 aliphatic carbocycles. The first-order chi connectivity index (χ1) is 8.79. The average Bonchev–Trinajstić information content (AvgIpc) is 2.31. The molecule has 2 atom stereocenters. The quantitative estimate of drug-likeness (QED) is 0.878. The Bertz CT molecular complexity index is 406. The summed E-state index contributed by atoms with van der Waals surface area (Å²) in [6.07, 6.45) is 1.19. The Hall–Kier alpha value is -0.860. The van der Waals surface area contributed by atoms with Crippen LogP contribution in [0.25, 0.3) is 0 Å². The van der Waals surface area contributed by atoms with Gasteiger partial charge in [0.05, 0.1) is 6.10 Å². The minimum atomic E-state index is 0.127. The molecule has 2 nitrogen and oxygen atoms in total. The molecule has 1 aromatic carbocycles. The molecule has 2 heteroatoms. The SMILES string of the molecule is CNC(Cc1ccc(C)c(C)c1)C(OC)C(C)(C)C. The predicted octanol–water partition coefficient (Wildman–Crippen LogP) is 3.50. The molecule has 0 heterocycles. The molecule has 19 heavy (non-hydrogen) atoms. The van der Waals surface area contributed by atoms with Crippen molar-refractivity contribution in [2.75, 3.05) is 14.2 Å². The summed E-state index contributed by atoms with van der Waals surface area (Å²) in [7, 11) is 3.82. The summed E-state index contributed by atoms with van der Waals surface area (Å²) in [6, 6.07) is 7.04. The van der Waals surface area contributed by atoms with Crippen molar-refractivity contribution in [3.63, 3.8) is 0 Å². The van der Waals surface area contributed by atoms with E-state index in [4.69, 9.17) is 4.74 Å². The molecule has 0 bridgehead atoms. The molecule has 0 radical (unpaired) electrons. The smallest absolute Gasteiger partial charge is 0.0775 e. The second-order valence-corrected chi connectivity index (χ2v) is 6.54. The van der Waals surface area contributed by atoms with E-state index in [2.05, 4.69) is 58.1 Å². The molecule has 108 valence electrons. The minimum absolute atomic E-state index is 0.127. The highest BCUT2D eigenvalue weighted by Gasteiger charge is 2.31. The standard InChI is InChI=1S/C17H29NO/c1-12-8-9-14(10-13(12)2)11-15(18-6)16(19-7)17(3,4)5/h8-10,15-16,18H,11H2,1-7H3. The molecular weight excluding hydrogens is 234 g/mol. The number of hydrogen-bond acceptors (Lipinski definition) is 2. The summed E-state index contributed by atoms with van der Waals surface area (Å²) in [6.45, 7) is 11.0. The largest absolute Gasteiger partial charge is 0.379 e. The molecule has 0 fully saturated rings. The maximum Gasteiger partial charge on any atom is 0.0775 e. The predicted molar refractivity (Wildman–Crippen MR) is 82.7 cm³/mol. The second-order valence-electron chi connectivity index (χ2n) is 6.54. The molecule has 1 aromatic rings. The topological polar surface area (TPSA) is 21.3 Å². The van der Waals surface area contributed by atoms with Crippen molar-refractivity contribution in [3.05, 3.63) is 34.9 Å². The third-order valence-electron chi connectivity index (χ3n) is 3.87. The first-order valence-electron chi connectivity index (χ1n) is 7.05. The molecule has 1 rings (SSSR count). The van der Waals surface area contributed by atoms with Crippen LogP contribution in [0.1, 0.15) is 37.5 Å². The number of methoxy groups -OCH3 is 1. The van der Waals surface area contributed by atoms with Crippen LogP contribution in [0.4, 0.5) is 0 Å². The molecule has 0 aromatic heterocycles. The third kappa shape index (κ3) is 4.32. The van der Waals surface area contributed by atoms with E-state index in [1.165, 1.54) is 16.7 Å². The van der Waals surface area contributed by atoms with Gasteiger partial charge in [0.25, 0.3) is 0 Å². The average molecular weight is 263 g/mol. The monoisotopic (exact) mass is 263 g/mol. The molecule has 0 aliphatic rings. The van der Waals surface area contributed by atoms with Crippen LogP contribution in [0.5, 0.6) is 0 Å². The van der Waals surface area contributed by atoms with Crippen molar-refractivity contribution in [1.29, 1.82) is 0 Å². The van der Waals surface area contributed by atoms with E-state index in [9.17, 15) is 0 Å². The lowest BCUT2D eigenvalue weighted by atomic mass is 9.82. The van der Waals surface area contributed by atoms with Crippen LogP contribution >= 0.6 is 0 Å². The lowest BCUT2D eigenvalue weighted by Gasteiger charge is -2.36. The lowest BCUT2D eigenvalue weighted by Crippen LogP contribution is -2.47. The van der Waals surface area contributed by atoms with Crippen LogP contribution in [0.15, 0.2) is 18.2 Å². The molecule has 0 spiro atoms. The molecule has 0 saturated carbocycles. The molecule has 2 unspecified atom stereocenters. The van der Waals surface area contributed by atoms with Crippen molar-refractivity contribution < 1.29 is 4.74 Å². The van der Waals surface area contributed by atoms with Crippen molar-refractivity contribution >= 4 is 0 Å². The lowest BCUT2D eigenvalue weighted by molar-refractivity contribution is -0.00921. The Morgan fingerprint density at radius 1 is 1.16 bits per heavy atom. The summed E-state index contributed by atoms with van der Waals surface area (Å²) < 4.78 is 5.73. The number of aryl methyl sites for hydroxylation is 2. The Kier molecular flexibility index (Phi) is 5.57. The zero-order chi connectivity index (χ0) is 14.6. The minimum Gasteiger partial charge on any atom is -0.379 e. The van der Waals surface area contributed by atoms with Gasteiger partial charge in [0, 0.05) is 13.2 Å². The maximum absolute atomic E-state index is 5.73. The van der Waals surface area contributed by atoms with Gasteiger partial charge in [0.2, 0.25) is 0 Å². The fraction of sp³-hybridized carbons (Fsp3) is 0.647. The van der Waals surface area contributed by atoms with E-state index in [0.717, 1.165) is 6.42 Å². The number of nitrogens with one attached hydrogen (secondary N) is 1. The highest BCUT2D eigenvalue weighted by Crippen LogP contribution is 2.26. The number of rotatable bonds is 5. The van der Waals surface area contributed by atoms with Gasteiger partial charge in [-0.1, -0.05) is 39.0 Å². The third-order valence-corrected chi connectivity index (χ3v) is 3.87. The van der Waals surface area contributed by atoms with Crippen molar-refractivity contribution in [2.45, 2.75) is 53.2 Å². The van der Waals surface area contributed by atoms with Gasteiger partial charge >= 0.3 is 0 Å². The summed E-state index contributed by atoms with van der Waals surface area (Å²) >= 11 is 0. The van der Waals surface area contributed by atoms with Gasteiger partial charge in [-0.05, 0) is 49.4 Å². The van der Waals surface area contributed by atoms with Crippen LogP contribution in [-0.4, -0.2) is 26.3 Å². The highest BCUT2D eigenvalue weighted by atomic mass is 16.5. The van der Waals surface area contributed by atoms with E-state index >= 15 is 0 Å². The van der Waals surface area contributed by atoms with Crippen LogP contribution in [0, 0.1) is 19.3 Å². The van der Waals surface area contributed by atoms with E-state index in [-0.39, 0.29) is 11.5 Å². The van der Waals surface area contributed by atoms with E-state index in [1.54, 1.807) is 7.11 Å². The molecule has 0 aliphatic heterocycles. The van der Waals surface area contributed by atoms with Gasteiger partial charge in [-0.25, -0.2) is 0 Å². The van der Waals surface area contributed by atoms with E-state index in [1.807, 2.05) is 7.05 Å². The van der Waals surface area contributed by atoms with Gasteiger partial charge in [-0.3, -0.25) is 0 Å². The molecule has 0 amide bonds. The van der Waals surface area contributed by atoms with Crippen LogP contribution in [0.2, 0.25) is 0 Å². The van der Waals surface area contributed by atoms with Gasteiger partial charge < -0.3 is 10.1 Å². The molecular formula is C17H29NO. The normalized spacial score (nSPS) is 15.3. The van der Waals surface area contributed by atoms with Crippen LogP contribution in [0.3, 0.4) is 0 Å². The highest BCUT2D eigenvalue weighted by molar-refractivity contribution is 5.30. The number of hydrogen-bond donors (Lipinski definition) is 1. The van der Waals surface area contributed by atoms with E-state index in [0.29, 0.717) is 6.04 Å². The summed E-state index contributed by atoms with van der Waals surface area (Å²) in [5.74, 6) is 0. The fourth-order valence-corrected chi connectivity index (χ4v) is 2.67.